The summed E-state index contributed by atoms with van der Waals surface area (Å²) in [5.41, 5.74) is 1.30. The highest BCUT2D eigenvalue weighted by atomic mass is 32.1. The fraction of sp³-hybridized carbons (Fsp3) is 0.421. The maximum Gasteiger partial charge on any atom is 0.244 e. The van der Waals surface area contributed by atoms with Crippen LogP contribution >= 0.6 is 11.3 Å². The number of rotatable bonds is 8. The second-order valence-electron chi connectivity index (χ2n) is 5.65. The Balaban J connectivity index is 2.37. The molecular weight excluding hydrogens is 336 g/mol. The predicted molar refractivity (Wildman–Crippen MR) is 103 cm³/mol. The SMILES string of the molecule is CCN=C([S-])[C@H](C(=O)c1cccs1)[n+]1ccc(C(CC)CC)cc1. The molecule has 0 aliphatic rings. The Hall–Kier alpha value is -1.59. The lowest BCUT2D eigenvalue weighted by molar-refractivity contribution is -0.691. The summed E-state index contributed by atoms with van der Waals surface area (Å²) in [5.74, 6) is 0.561. The molecule has 0 radical (unpaired) electrons. The Morgan fingerprint density at radius 3 is 2.38 bits per heavy atom. The minimum Gasteiger partial charge on any atom is -0.758 e. The van der Waals surface area contributed by atoms with Gasteiger partial charge >= 0.3 is 0 Å². The van der Waals surface area contributed by atoms with E-state index in [-0.39, 0.29) is 5.78 Å². The summed E-state index contributed by atoms with van der Waals surface area (Å²) >= 11 is 6.87. The van der Waals surface area contributed by atoms with E-state index in [1.54, 1.807) is 0 Å². The Labute approximate surface area is 153 Å². The maximum atomic E-state index is 12.9. The van der Waals surface area contributed by atoms with Gasteiger partial charge in [-0.3, -0.25) is 4.79 Å². The lowest BCUT2D eigenvalue weighted by Crippen LogP contribution is -2.47. The van der Waals surface area contributed by atoms with Crippen LogP contribution < -0.4 is 4.57 Å². The molecule has 0 N–H and O–H groups in total. The Kier molecular flexibility index (Phi) is 7.06. The fourth-order valence-corrected chi connectivity index (χ4v) is 3.87. The standard InChI is InChI=1S/C19H24N2OS2/c1-4-14(5-2)15-9-11-21(12-10-15)17(19(23)20-6-3)18(22)16-8-7-13-24-16/h7-14,17H,4-6H2,1-3H3/t17-/m0/s1. The number of thiophene rings is 1. The fourth-order valence-electron chi connectivity index (χ4n) is 2.82. The molecule has 3 nitrogen and oxygen atoms in total. The topological polar surface area (TPSA) is 33.3 Å². The third-order valence-electron chi connectivity index (χ3n) is 4.19. The van der Waals surface area contributed by atoms with E-state index in [0.29, 0.717) is 22.4 Å². The van der Waals surface area contributed by atoms with E-state index in [4.69, 9.17) is 12.6 Å². The van der Waals surface area contributed by atoms with Crippen molar-refractivity contribution < 1.29 is 9.36 Å². The predicted octanol–water partition coefficient (Wildman–Crippen LogP) is 4.33. The normalized spacial score (nSPS) is 13.2. The van der Waals surface area contributed by atoms with Gasteiger partial charge < -0.3 is 17.6 Å². The molecule has 0 saturated heterocycles. The van der Waals surface area contributed by atoms with Gasteiger partial charge in [0.15, 0.2) is 12.4 Å². The van der Waals surface area contributed by atoms with Crippen LogP contribution in [-0.2, 0) is 12.6 Å². The van der Waals surface area contributed by atoms with Crippen molar-refractivity contribution in [2.45, 2.75) is 45.6 Å². The molecule has 0 unspecified atom stereocenters. The van der Waals surface area contributed by atoms with E-state index in [1.165, 1.54) is 16.9 Å². The van der Waals surface area contributed by atoms with Gasteiger partial charge in [0.05, 0.1) is 4.88 Å². The van der Waals surface area contributed by atoms with E-state index in [1.807, 2.05) is 41.4 Å². The summed E-state index contributed by atoms with van der Waals surface area (Å²) in [6.07, 6.45) is 6.14. The van der Waals surface area contributed by atoms with Crippen LogP contribution in [0.4, 0.5) is 0 Å². The first-order valence-electron chi connectivity index (χ1n) is 8.42. The second kappa shape index (κ2) is 9.04. The number of ketones is 1. The minimum atomic E-state index is -0.547. The zero-order chi connectivity index (χ0) is 17.5. The number of carbonyl (C=O) groups excluding carboxylic acids is 1. The molecule has 2 rings (SSSR count). The van der Waals surface area contributed by atoms with E-state index in [2.05, 4.69) is 31.0 Å². The average Bonchev–Trinajstić information content (AvgIpc) is 3.12. The monoisotopic (exact) mass is 360 g/mol. The Bertz CT molecular complexity index is 674. The highest BCUT2D eigenvalue weighted by molar-refractivity contribution is 7.77. The number of nitrogens with zero attached hydrogens (tertiary/aromatic N) is 2. The zero-order valence-corrected chi connectivity index (χ0v) is 16.1. The first-order valence-corrected chi connectivity index (χ1v) is 9.70. The highest BCUT2D eigenvalue weighted by Gasteiger charge is 2.29. The summed E-state index contributed by atoms with van der Waals surface area (Å²) in [5, 5.41) is 2.35. The molecule has 24 heavy (non-hydrogen) atoms. The Morgan fingerprint density at radius 1 is 1.21 bits per heavy atom. The summed E-state index contributed by atoms with van der Waals surface area (Å²) in [7, 11) is 0. The molecule has 0 aromatic carbocycles. The molecular formula is C19H24N2OS2. The van der Waals surface area contributed by atoms with Gasteiger partial charge in [-0.25, -0.2) is 0 Å². The van der Waals surface area contributed by atoms with Crippen molar-refractivity contribution in [3.05, 3.63) is 52.5 Å². The lowest BCUT2D eigenvalue weighted by atomic mass is 9.95. The summed E-state index contributed by atoms with van der Waals surface area (Å²) < 4.78 is 1.88. The molecule has 2 aromatic rings. The number of Topliss-reactive ketones (excluding diaryl/α,β-unsaturated/α-hetero) is 1. The molecule has 0 aliphatic heterocycles. The second-order valence-corrected chi connectivity index (χ2v) is 7.01. The minimum absolute atomic E-state index is 0.00693. The van der Waals surface area contributed by atoms with Crippen molar-refractivity contribution in [2.24, 2.45) is 4.99 Å². The Morgan fingerprint density at radius 2 is 1.88 bits per heavy atom. The molecule has 128 valence electrons. The van der Waals surface area contributed by atoms with Crippen LogP contribution in [0, 0.1) is 0 Å². The van der Waals surface area contributed by atoms with Gasteiger partial charge in [-0.15, -0.1) is 11.3 Å². The van der Waals surface area contributed by atoms with Gasteiger partial charge in [0.2, 0.25) is 11.8 Å². The molecule has 0 amide bonds. The van der Waals surface area contributed by atoms with Gasteiger partial charge in [-0.1, -0.05) is 19.9 Å². The number of aliphatic imine (C=N–C) groups is 1. The molecule has 2 aromatic heterocycles. The number of hydrogen-bond acceptors (Lipinski definition) is 4. The van der Waals surface area contributed by atoms with E-state index < -0.39 is 6.04 Å². The first-order chi connectivity index (χ1) is 11.6. The number of pyridine rings is 1. The van der Waals surface area contributed by atoms with Crippen LogP contribution in [0.1, 0.15) is 60.8 Å². The quantitative estimate of drug-likeness (QED) is 0.231. The van der Waals surface area contributed by atoms with Crippen LogP contribution in [0.2, 0.25) is 0 Å². The molecule has 5 heteroatoms. The number of aromatic nitrogens is 1. The maximum absolute atomic E-state index is 12.9. The third kappa shape index (κ3) is 4.28. The van der Waals surface area contributed by atoms with Gasteiger partial charge in [0, 0.05) is 18.7 Å². The molecule has 2 heterocycles. The molecule has 1 atom stereocenters. The lowest BCUT2D eigenvalue weighted by Gasteiger charge is -2.18. The van der Waals surface area contributed by atoms with Crippen LogP contribution in [-0.4, -0.2) is 17.4 Å². The van der Waals surface area contributed by atoms with Crippen LogP contribution in [0.3, 0.4) is 0 Å². The summed E-state index contributed by atoms with van der Waals surface area (Å²) in [6, 6.07) is 7.38. The highest BCUT2D eigenvalue weighted by Crippen LogP contribution is 2.22. The molecule has 0 aliphatic carbocycles. The smallest absolute Gasteiger partial charge is 0.244 e. The summed E-state index contributed by atoms with van der Waals surface area (Å²) in [6.45, 7) is 6.92. The van der Waals surface area contributed by atoms with Crippen molar-refractivity contribution in [1.82, 2.24) is 0 Å². The number of carbonyl (C=O) groups is 1. The van der Waals surface area contributed by atoms with E-state index in [0.717, 1.165) is 12.8 Å². The van der Waals surface area contributed by atoms with Crippen molar-refractivity contribution >= 4 is 34.8 Å². The van der Waals surface area contributed by atoms with Crippen molar-refractivity contribution in [1.29, 1.82) is 0 Å². The van der Waals surface area contributed by atoms with E-state index >= 15 is 0 Å². The van der Waals surface area contributed by atoms with Crippen molar-refractivity contribution in [3.8, 4) is 0 Å². The molecule has 0 saturated carbocycles. The van der Waals surface area contributed by atoms with Gasteiger partial charge in [-0.2, -0.15) is 4.57 Å². The number of hydrogen-bond donors (Lipinski definition) is 0. The largest absolute Gasteiger partial charge is 0.758 e. The van der Waals surface area contributed by atoms with Crippen molar-refractivity contribution in [3.63, 3.8) is 0 Å². The van der Waals surface area contributed by atoms with Gasteiger partial charge in [0.25, 0.3) is 0 Å². The van der Waals surface area contributed by atoms with Gasteiger partial charge in [-0.05, 0) is 47.7 Å². The van der Waals surface area contributed by atoms with E-state index in [9.17, 15) is 4.79 Å². The third-order valence-corrected chi connectivity index (χ3v) is 5.43. The van der Waals surface area contributed by atoms with Crippen molar-refractivity contribution in [2.75, 3.05) is 6.54 Å². The van der Waals surface area contributed by atoms with Crippen LogP contribution in [0.15, 0.2) is 47.0 Å². The summed E-state index contributed by atoms with van der Waals surface area (Å²) in [4.78, 5) is 17.9. The van der Waals surface area contributed by atoms with Crippen LogP contribution in [0.5, 0.6) is 0 Å². The molecule has 0 fully saturated rings. The molecule has 0 spiro atoms. The first kappa shape index (κ1) is 18.7. The zero-order valence-electron chi connectivity index (χ0n) is 14.4. The van der Waals surface area contributed by atoms with Gasteiger partial charge in [0.1, 0.15) is 0 Å². The average molecular weight is 361 g/mol. The molecule has 0 bridgehead atoms. The van der Waals surface area contributed by atoms with Crippen LogP contribution in [0.25, 0.3) is 0 Å².